The van der Waals surface area contributed by atoms with Gasteiger partial charge < -0.3 is 29.5 Å². The van der Waals surface area contributed by atoms with Crippen LogP contribution in [-0.4, -0.2) is 71.6 Å². The molecule has 3 aromatic carbocycles. The fourth-order valence-electron chi connectivity index (χ4n) is 4.76. The monoisotopic (exact) mass is 553 g/mol. The number of rotatable bonds is 10. The van der Waals surface area contributed by atoms with E-state index in [0.29, 0.717) is 11.9 Å². The minimum absolute atomic E-state index is 0.0841. The molecule has 9 nitrogen and oxygen atoms in total. The Kier molecular flexibility index (Phi) is 8.43. The van der Waals surface area contributed by atoms with Gasteiger partial charge in [0.25, 0.3) is 10.0 Å². The van der Waals surface area contributed by atoms with Crippen molar-refractivity contribution < 1.29 is 37.9 Å². The molecule has 39 heavy (non-hydrogen) atoms. The first-order chi connectivity index (χ1) is 18.9. The Morgan fingerprint density at radius 1 is 0.846 bits per heavy atom. The van der Waals surface area contributed by atoms with Gasteiger partial charge in [0.2, 0.25) is 0 Å². The molecule has 0 unspecified atom stereocenters. The van der Waals surface area contributed by atoms with Crippen molar-refractivity contribution in [3.05, 3.63) is 102 Å². The van der Waals surface area contributed by atoms with Crippen molar-refractivity contribution in [3.63, 3.8) is 0 Å². The van der Waals surface area contributed by atoms with Gasteiger partial charge >= 0.3 is 0 Å². The summed E-state index contributed by atoms with van der Waals surface area (Å²) in [6.45, 7) is -0.246. The van der Waals surface area contributed by atoms with E-state index in [2.05, 4.69) is 0 Å². The summed E-state index contributed by atoms with van der Waals surface area (Å²) in [6, 6.07) is 24.8. The lowest BCUT2D eigenvalue weighted by Gasteiger charge is -2.41. The Hall–Kier alpha value is -3.09. The first-order valence-corrected chi connectivity index (χ1v) is 14.1. The van der Waals surface area contributed by atoms with E-state index in [0.717, 1.165) is 16.5 Å². The molecular formula is C29H31NO8S. The minimum Gasteiger partial charge on any atom is -0.394 e. The number of fused-ring (bicyclic) bond motifs is 1. The van der Waals surface area contributed by atoms with Crippen LogP contribution in [-0.2, 0) is 37.3 Å². The molecule has 0 spiro atoms. The van der Waals surface area contributed by atoms with Crippen molar-refractivity contribution in [2.45, 2.75) is 48.6 Å². The third-order valence-electron chi connectivity index (χ3n) is 6.82. The quantitative estimate of drug-likeness (QED) is 0.273. The topological polar surface area (TPSA) is 127 Å². The fourth-order valence-corrected chi connectivity index (χ4v) is 6.17. The average Bonchev–Trinajstić information content (AvgIpc) is 3.34. The number of aliphatic hydroxyl groups excluding tert-OH is 3. The molecule has 10 heteroatoms. The summed E-state index contributed by atoms with van der Waals surface area (Å²) in [5.74, 6) is 0. The lowest BCUT2D eigenvalue weighted by molar-refractivity contribution is -0.309. The maximum Gasteiger partial charge on any atom is 0.268 e. The molecule has 0 bridgehead atoms. The maximum absolute atomic E-state index is 13.3. The fraction of sp³-hybridized carbons (Fsp3) is 0.310. The van der Waals surface area contributed by atoms with E-state index in [1.54, 1.807) is 48.7 Å². The number of ether oxygens (including phenoxy) is 3. The minimum atomic E-state index is -3.81. The van der Waals surface area contributed by atoms with Gasteiger partial charge in [-0.1, -0.05) is 66.7 Å². The van der Waals surface area contributed by atoms with Crippen LogP contribution in [0.5, 0.6) is 0 Å². The lowest BCUT2D eigenvalue weighted by Crippen LogP contribution is -2.60. The van der Waals surface area contributed by atoms with Crippen molar-refractivity contribution in [2.24, 2.45) is 0 Å². The summed E-state index contributed by atoms with van der Waals surface area (Å²) in [6.07, 6.45) is -3.86. The summed E-state index contributed by atoms with van der Waals surface area (Å²) in [5.41, 5.74) is 2.15. The van der Waals surface area contributed by atoms with Crippen LogP contribution in [0.3, 0.4) is 0 Å². The smallest absolute Gasteiger partial charge is 0.268 e. The van der Waals surface area contributed by atoms with E-state index in [9.17, 15) is 23.7 Å². The van der Waals surface area contributed by atoms with Crippen LogP contribution in [0.4, 0.5) is 0 Å². The molecule has 0 radical (unpaired) electrons. The molecule has 1 aliphatic rings. The van der Waals surface area contributed by atoms with E-state index in [4.69, 9.17) is 14.2 Å². The molecule has 206 valence electrons. The van der Waals surface area contributed by atoms with Crippen LogP contribution in [0, 0.1) is 0 Å². The Morgan fingerprint density at radius 3 is 2.23 bits per heavy atom. The van der Waals surface area contributed by atoms with Gasteiger partial charge in [0.05, 0.1) is 30.2 Å². The van der Waals surface area contributed by atoms with E-state index in [-0.39, 0.29) is 18.1 Å². The third-order valence-corrected chi connectivity index (χ3v) is 8.51. The number of nitrogens with zero attached hydrogens (tertiary/aromatic N) is 1. The largest absolute Gasteiger partial charge is 0.394 e. The standard InChI is InChI=1S/C29H31NO8S/c31-18-25-26(32)28(37-19-20-9-3-1-4-10-20)27(33)29(38-25)36-16-15-21-17-30(24-14-8-7-13-23(21)24)39(34,35)22-11-5-2-6-12-22/h1-14,17,25-29,31-33H,15-16,18-19H2/t25-,26-,27-,28+,29-/m0/s1. The molecule has 4 aromatic rings. The van der Waals surface area contributed by atoms with E-state index in [1.165, 1.54) is 3.97 Å². The van der Waals surface area contributed by atoms with Crippen LogP contribution in [0.2, 0.25) is 0 Å². The van der Waals surface area contributed by atoms with Gasteiger partial charge in [0.15, 0.2) is 6.29 Å². The molecule has 0 amide bonds. The second-order valence-electron chi connectivity index (χ2n) is 9.37. The van der Waals surface area contributed by atoms with E-state index < -0.39 is 47.3 Å². The molecule has 1 saturated heterocycles. The average molecular weight is 554 g/mol. The molecule has 1 aliphatic heterocycles. The number of para-hydroxylation sites is 1. The molecule has 5 atom stereocenters. The van der Waals surface area contributed by atoms with Crippen molar-refractivity contribution >= 4 is 20.9 Å². The van der Waals surface area contributed by atoms with Gasteiger partial charge in [0, 0.05) is 11.6 Å². The number of aliphatic hydroxyl groups is 3. The van der Waals surface area contributed by atoms with Gasteiger partial charge in [-0.15, -0.1) is 0 Å². The summed E-state index contributed by atoms with van der Waals surface area (Å²) < 4.78 is 45.3. The van der Waals surface area contributed by atoms with Crippen molar-refractivity contribution in [2.75, 3.05) is 13.2 Å². The zero-order valence-electron chi connectivity index (χ0n) is 21.1. The Bertz CT molecular complexity index is 1480. The molecule has 3 N–H and O–H groups in total. The van der Waals surface area contributed by atoms with Crippen LogP contribution >= 0.6 is 0 Å². The normalized spacial score (nSPS) is 23.7. The summed E-state index contributed by atoms with van der Waals surface area (Å²) >= 11 is 0. The summed E-state index contributed by atoms with van der Waals surface area (Å²) in [7, 11) is -3.81. The molecule has 5 rings (SSSR count). The number of hydrogen-bond donors (Lipinski definition) is 3. The van der Waals surface area contributed by atoms with Crippen molar-refractivity contribution in [1.82, 2.24) is 3.97 Å². The van der Waals surface area contributed by atoms with Crippen LogP contribution in [0.1, 0.15) is 11.1 Å². The van der Waals surface area contributed by atoms with E-state index in [1.807, 2.05) is 42.5 Å². The second kappa shape index (κ2) is 12.0. The highest BCUT2D eigenvalue weighted by molar-refractivity contribution is 7.90. The lowest BCUT2D eigenvalue weighted by atomic mass is 9.99. The van der Waals surface area contributed by atoms with Crippen LogP contribution in [0.15, 0.2) is 96.0 Å². The zero-order valence-corrected chi connectivity index (χ0v) is 21.9. The summed E-state index contributed by atoms with van der Waals surface area (Å²) in [5, 5.41) is 32.0. The number of hydrogen-bond acceptors (Lipinski definition) is 8. The SMILES string of the molecule is O=S(=O)(c1ccccc1)n1cc(CCO[C@H]2O[C@@H](CO)[C@H](O)[C@@H](OCc3ccccc3)[C@@H]2O)c2ccccc21. The highest BCUT2D eigenvalue weighted by atomic mass is 32.2. The molecule has 2 heterocycles. The molecule has 0 aliphatic carbocycles. The van der Waals surface area contributed by atoms with Crippen molar-refractivity contribution in [3.8, 4) is 0 Å². The zero-order chi connectivity index (χ0) is 27.4. The second-order valence-corrected chi connectivity index (χ2v) is 11.2. The molecule has 1 fully saturated rings. The molecular weight excluding hydrogens is 522 g/mol. The Labute approximate surface area is 226 Å². The Morgan fingerprint density at radius 2 is 1.51 bits per heavy atom. The first-order valence-electron chi connectivity index (χ1n) is 12.7. The van der Waals surface area contributed by atoms with E-state index >= 15 is 0 Å². The maximum atomic E-state index is 13.3. The van der Waals surface area contributed by atoms with Crippen molar-refractivity contribution in [1.29, 1.82) is 0 Å². The van der Waals surface area contributed by atoms with Gasteiger partial charge in [-0.25, -0.2) is 12.4 Å². The predicted octanol–water partition coefficient (Wildman–Crippen LogP) is 2.46. The predicted molar refractivity (Wildman–Crippen MR) is 143 cm³/mol. The van der Waals surface area contributed by atoms with Gasteiger partial charge in [-0.2, -0.15) is 0 Å². The highest BCUT2D eigenvalue weighted by Crippen LogP contribution is 2.28. The molecule has 0 saturated carbocycles. The number of benzene rings is 3. The van der Waals surface area contributed by atoms with Gasteiger partial charge in [-0.3, -0.25) is 0 Å². The first kappa shape index (κ1) is 27.5. The van der Waals surface area contributed by atoms with Crippen LogP contribution in [0.25, 0.3) is 10.9 Å². The third kappa shape index (κ3) is 5.78. The number of aromatic nitrogens is 1. The highest BCUT2D eigenvalue weighted by Gasteiger charge is 2.45. The summed E-state index contributed by atoms with van der Waals surface area (Å²) in [4.78, 5) is 0.183. The van der Waals surface area contributed by atoms with Gasteiger partial charge in [0.1, 0.15) is 24.4 Å². The Balaban J connectivity index is 1.30. The van der Waals surface area contributed by atoms with Gasteiger partial charge in [-0.05, 0) is 35.7 Å². The molecule has 1 aromatic heterocycles. The van der Waals surface area contributed by atoms with Crippen LogP contribution < -0.4 is 0 Å².